The van der Waals surface area contributed by atoms with Gasteiger partial charge in [-0.2, -0.15) is 0 Å². The first kappa shape index (κ1) is 31.9. The molecule has 0 unspecified atom stereocenters. The van der Waals surface area contributed by atoms with Crippen LogP contribution in [0.4, 0.5) is 0 Å². The van der Waals surface area contributed by atoms with Crippen LogP contribution in [0.3, 0.4) is 0 Å². The van der Waals surface area contributed by atoms with Gasteiger partial charge in [-0.15, -0.1) is 0 Å². The number of aromatic nitrogens is 2. The maximum atomic E-state index is 6.57. The van der Waals surface area contributed by atoms with Gasteiger partial charge in [-0.05, 0) is 75.8 Å². The van der Waals surface area contributed by atoms with Crippen molar-refractivity contribution >= 4 is 43.9 Å². The summed E-state index contributed by atoms with van der Waals surface area (Å²) in [5.74, 6) is 0.612. The molecule has 0 amide bonds. The zero-order valence-electron chi connectivity index (χ0n) is 30.2. The van der Waals surface area contributed by atoms with Crippen LogP contribution in [0, 0.1) is 0 Å². The second-order valence-electron chi connectivity index (χ2n) is 14.1. The van der Waals surface area contributed by atoms with E-state index in [2.05, 4.69) is 146 Å². The van der Waals surface area contributed by atoms with Crippen LogP contribution in [0.15, 0.2) is 203 Å². The SMILES string of the molecule is c1ccc(-c2ccc(-c3cc(-c4ccccc4)ccc3-c3nc(-c4cccc5c4oc4ccccc45)cc(-c4cccc5c4oc4ccccc45)n3)cc2)cc1. The summed E-state index contributed by atoms with van der Waals surface area (Å²) in [7, 11) is 0. The van der Waals surface area contributed by atoms with E-state index in [1.807, 2.05) is 48.5 Å². The lowest BCUT2D eigenvalue weighted by molar-refractivity contribution is 0.669. The molecule has 56 heavy (non-hydrogen) atoms. The molecule has 8 aromatic carbocycles. The number of furan rings is 2. The quantitative estimate of drug-likeness (QED) is 0.172. The summed E-state index contributed by atoms with van der Waals surface area (Å²) in [6.07, 6.45) is 0. The molecular weight excluding hydrogens is 685 g/mol. The van der Waals surface area contributed by atoms with E-state index in [4.69, 9.17) is 18.8 Å². The second-order valence-corrected chi connectivity index (χ2v) is 14.1. The predicted molar refractivity (Wildman–Crippen MR) is 229 cm³/mol. The Morgan fingerprint density at radius 1 is 0.286 bits per heavy atom. The predicted octanol–water partition coefficient (Wildman–Crippen LogP) is 14.3. The Kier molecular flexibility index (Phi) is 7.46. The van der Waals surface area contributed by atoms with Gasteiger partial charge in [-0.3, -0.25) is 0 Å². The first-order chi connectivity index (χ1) is 27.7. The van der Waals surface area contributed by atoms with Gasteiger partial charge in [0.15, 0.2) is 5.82 Å². The van der Waals surface area contributed by atoms with Gasteiger partial charge in [0, 0.05) is 38.2 Å². The first-order valence-corrected chi connectivity index (χ1v) is 18.8. The molecule has 4 nitrogen and oxygen atoms in total. The molecular formula is C52H32N2O2. The van der Waals surface area contributed by atoms with Gasteiger partial charge in [-0.1, -0.05) is 152 Å². The van der Waals surface area contributed by atoms with Crippen LogP contribution in [0.25, 0.3) is 111 Å². The van der Waals surface area contributed by atoms with Crippen molar-refractivity contribution in [2.75, 3.05) is 0 Å². The van der Waals surface area contributed by atoms with Crippen LogP contribution < -0.4 is 0 Å². The molecule has 0 saturated heterocycles. The fourth-order valence-electron chi connectivity index (χ4n) is 8.00. The summed E-state index contributed by atoms with van der Waals surface area (Å²) in [4.78, 5) is 10.8. The lowest BCUT2D eigenvalue weighted by Crippen LogP contribution is -1.98. The molecule has 262 valence electrons. The van der Waals surface area contributed by atoms with Gasteiger partial charge < -0.3 is 8.83 Å². The third kappa shape index (κ3) is 5.39. The van der Waals surface area contributed by atoms with E-state index in [1.165, 1.54) is 5.56 Å². The molecule has 0 saturated carbocycles. The molecule has 11 rings (SSSR count). The van der Waals surface area contributed by atoms with Gasteiger partial charge in [0.05, 0.1) is 11.4 Å². The van der Waals surface area contributed by atoms with E-state index in [0.717, 1.165) is 99.8 Å². The van der Waals surface area contributed by atoms with Crippen molar-refractivity contribution in [2.24, 2.45) is 0 Å². The Bertz CT molecular complexity index is 3100. The van der Waals surface area contributed by atoms with E-state index < -0.39 is 0 Å². The normalized spacial score (nSPS) is 11.6. The molecule has 0 fully saturated rings. The third-order valence-electron chi connectivity index (χ3n) is 10.8. The van der Waals surface area contributed by atoms with Gasteiger partial charge in [-0.25, -0.2) is 9.97 Å². The second kappa shape index (κ2) is 13.1. The van der Waals surface area contributed by atoms with Crippen molar-refractivity contribution < 1.29 is 8.83 Å². The fraction of sp³-hybridized carbons (Fsp3) is 0. The number of benzene rings is 8. The third-order valence-corrected chi connectivity index (χ3v) is 10.8. The number of rotatable bonds is 6. The van der Waals surface area contributed by atoms with Crippen molar-refractivity contribution in [3.8, 4) is 67.3 Å². The Balaban J connectivity index is 1.17. The number of para-hydroxylation sites is 4. The summed E-state index contributed by atoms with van der Waals surface area (Å²) in [5, 5.41) is 4.24. The smallest absolute Gasteiger partial charge is 0.161 e. The van der Waals surface area contributed by atoms with E-state index in [9.17, 15) is 0 Å². The minimum atomic E-state index is 0.612. The summed E-state index contributed by atoms with van der Waals surface area (Å²) >= 11 is 0. The number of hydrogen-bond donors (Lipinski definition) is 0. The minimum absolute atomic E-state index is 0.612. The topological polar surface area (TPSA) is 52.1 Å². The molecule has 4 heteroatoms. The summed E-state index contributed by atoms with van der Waals surface area (Å²) in [6, 6.07) is 67.3. The summed E-state index contributed by atoms with van der Waals surface area (Å²) in [5.41, 5.74) is 14.2. The molecule has 0 aliphatic heterocycles. The highest BCUT2D eigenvalue weighted by atomic mass is 16.3. The number of nitrogens with zero attached hydrogens (tertiary/aromatic N) is 2. The molecule has 11 aromatic rings. The number of hydrogen-bond acceptors (Lipinski definition) is 4. The van der Waals surface area contributed by atoms with E-state index in [0.29, 0.717) is 5.82 Å². The van der Waals surface area contributed by atoms with Crippen LogP contribution in [-0.2, 0) is 0 Å². The Labute approximate surface area is 323 Å². The monoisotopic (exact) mass is 716 g/mol. The minimum Gasteiger partial charge on any atom is -0.455 e. The highest BCUT2D eigenvalue weighted by Gasteiger charge is 2.21. The van der Waals surface area contributed by atoms with Crippen molar-refractivity contribution in [1.82, 2.24) is 9.97 Å². The van der Waals surface area contributed by atoms with Crippen molar-refractivity contribution in [1.29, 1.82) is 0 Å². The molecule has 0 N–H and O–H groups in total. The molecule has 3 heterocycles. The molecule has 0 spiro atoms. The average molecular weight is 717 g/mol. The van der Waals surface area contributed by atoms with E-state index in [-0.39, 0.29) is 0 Å². The molecule has 0 aliphatic rings. The molecule has 3 aromatic heterocycles. The van der Waals surface area contributed by atoms with Crippen molar-refractivity contribution in [2.45, 2.75) is 0 Å². The Morgan fingerprint density at radius 3 is 1.30 bits per heavy atom. The fourth-order valence-corrected chi connectivity index (χ4v) is 8.00. The van der Waals surface area contributed by atoms with E-state index in [1.54, 1.807) is 0 Å². The molecule has 0 bridgehead atoms. The van der Waals surface area contributed by atoms with Gasteiger partial charge in [0.1, 0.15) is 22.3 Å². The van der Waals surface area contributed by atoms with Crippen LogP contribution in [0.5, 0.6) is 0 Å². The molecule has 0 aliphatic carbocycles. The van der Waals surface area contributed by atoms with Gasteiger partial charge in [0.2, 0.25) is 0 Å². The van der Waals surface area contributed by atoms with Crippen LogP contribution in [-0.4, -0.2) is 9.97 Å². The lowest BCUT2D eigenvalue weighted by atomic mass is 9.92. The summed E-state index contributed by atoms with van der Waals surface area (Å²) < 4.78 is 13.1. The maximum absolute atomic E-state index is 6.57. The van der Waals surface area contributed by atoms with Crippen molar-refractivity contribution in [3.63, 3.8) is 0 Å². The molecule has 0 radical (unpaired) electrons. The van der Waals surface area contributed by atoms with Crippen LogP contribution >= 0.6 is 0 Å². The highest BCUT2D eigenvalue weighted by molar-refractivity contribution is 6.11. The Morgan fingerprint density at radius 2 is 0.732 bits per heavy atom. The van der Waals surface area contributed by atoms with Crippen LogP contribution in [0.2, 0.25) is 0 Å². The maximum Gasteiger partial charge on any atom is 0.161 e. The zero-order valence-corrected chi connectivity index (χ0v) is 30.2. The summed E-state index contributed by atoms with van der Waals surface area (Å²) in [6.45, 7) is 0. The standard InChI is InChI=1S/C52H32N2O2/c1-3-13-33(14-4-1)35-25-27-36(28-26-35)45-31-37(34-15-5-2-6-16-34)29-30-42(45)52-53-46(43-21-11-19-40-38-17-7-9-23-48(38)55-50(40)43)32-47(54-52)44-22-12-20-41-39-18-8-10-24-49(39)56-51(41)44/h1-32H. The Hall–Kier alpha value is -7.56. The highest BCUT2D eigenvalue weighted by Crippen LogP contribution is 2.42. The van der Waals surface area contributed by atoms with Gasteiger partial charge >= 0.3 is 0 Å². The number of fused-ring (bicyclic) bond motifs is 6. The van der Waals surface area contributed by atoms with Crippen LogP contribution in [0.1, 0.15) is 0 Å². The van der Waals surface area contributed by atoms with Crippen molar-refractivity contribution in [3.05, 3.63) is 194 Å². The first-order valence-electron chi connectivity index (χ1n) is 18.8. The lowest BCUT2D eigenvalue weighted by Gasteiger charge is -2.15. The van der Waals surface area contributed by atoms with Gasteiger partial charge in [0.25, 0.3) is 0 Å². The largest absolute Gasteiger partial charge is 0.455 e. The average Bonchev–Trinajstić information content (AvgIpc) is 3.86. The molecule has 0 atom stereocenters. The zero-order chi connectivity index (χ0) is 37.0. The van der Waals surface area contributed by atoms with E-state index >= 15 is 0 Å².